The fraction of sp³-hybridized carbons (Fsp3) is 0.130. The van der Waals surface area contributed by atoms with Gasteiger partial charge in [0.2, 0.25) is 0 Å². The Morgan fingerprint density at radius 2 is 1.73 bits per heavy atom. The zero-order chi connectivity index (χ0) is 24.2. The number of halogens is 5. The minimum Gasteiger partial charge on any atom is -0.478 e. The molecule has 0 radical (unpaired) electrons. The second-order valence-corrected chi connectivity index (χ2v) is 7.70. The van der Waals surface area contributed by atoms with E-state index in [1.54, 1.807) is 18.2 Å². The van der Waals surface area contributed by atoms with Crippen LogP contribution < -0.4 is 10.3 Å². The van der Waals surface area contributed by atoms with Crippen molar-refractivity contribution >= 4 is 41.3 Å². The standard InChI is InChI=1S/C23H16Cl2F3NO4/c24-18-13-19(25)21(30)29(11-10-14-4-7-16(8-5-14)22(31)32)20(18)9-6-15-2-1-3-17(12-15)33-23(26,27)28/h1-9,12-13H,10-11H2,(H,31,32). The van der Waals surface area contributed by atoms with Crippen molar-refractivity contribution in [2.24, 2.45) is 0 Å². The highest BCUT2D eigenvalue weighted by Crippen LogP contribution is 2.25. The first-order valence-corrected chi connectivity index (χ1v) is 10.2. The number of benzene rings is 2. The molecule has 0 aliphatic carbocycles. The Morgan fingerprint density at radius 1 is 1.03 bits per heavy atom. The maximum absolute atomic E-state index is 12.6. The zero-order valence-corrected chi connectivity index (χ0v) is 18.3. The molecule has 10 heteroatoms. The summed E-state index contributed by atoms with van der Waals surface area (Å²) in [5, 5.41) is 9.09. The van der Waals surface area contributed by atoms with Crippen molar-refractivity contribution in [3.05, 3.63) is 97.4 Å². The number of hydrogen-bond donors (Lipinski definition) is 1. The van der Waals surface area contributed by atoms with Crippen LogP contribution >= 0.6 is 23.2 Å². The Labute approximate surface area is 196 Å². The van der Waals surface area contributed by atoms with Gasteiger partial charge in [0, 0.05) is 6.54 Å². The molecule has 3 rings (SSSR count). The van der Waals surface area contributed by atoms with E-state index in [1.165, 1.54) is 53.1 Å². The first kappa shape index (κ1) is 24.4. The van der Waals surface area contributed by atoms with E-state index in [2.05, 4.69) is 4.74 Å². The number of aromatic nitrogens is 1. The molecule has 1 aromatic heterocycles. The predicted molar refractivity (Wildman–Crippen MR) is 120 cm³/mol. The monoisotopic (exact) mass is 497 g/mol. The van der Waals surface area contributed by atoms with E-state index in [0.717, 1.165) is 5.56 Å². The second-order valence-electron chi connectivity index (χ2n) is 6.89. The molecule has 0 atom stereocenters. The summed E-state index contributed by atoms with van der Waals surface area (Å²) in [6, 6.07) is 12.8. The minimum absolute atomic E-state index is 0.0843. The molecule has 172 valence electrons. The Hall–Kier alpha value is -3.23. The zero-order valence-electron chi connectivity index (χ0n) is 16.8. The highest BCUT2D eigenvalue weighted by atomic mass is 35.5. The lowest BCUT2D eigenvalue weighted by molar-refractivity contribution is -0.274. The average Bonchev–Trinajstić information content (AvgIpc) is 2.74. The number of aromatic carboxylic acids is 1. The molecule has 0 saturated heterocycles. The van der Waals surface area contributed by atoms with Crippen LogP contribution in [0.3, 0.4) is 0 Å². The number of aryl methyl sites for hydroxylation is 1. The van der Waals surface area contributed by atoms with Crippen LogP contribution in [0.4, 0.5) is 13.2 Å². The second kappa shape index (κ2) is 10.1. The lowest BCUT2D eigenvalue weighted by atomic mass is 10.1. The number of nitrogens with zero attached hydrogens (tertiary/aromatic N) is 1. The van der Waals surface area contributed by atoms with Crippen LogP contribution in [0, 0.1) is 0 Å². The molecule has 0 spiro atoms. The molecule has 5 nitrogen and oxygen atoms in total. The molecular weight excluding hydrogens is 482 g/mol. The number of pyridine rings is 1. The third kappa shape index (κ3) is 6.63. The van der Waals surface area contributed by atoms with Crippen LogP contribution in [0.5, 0.6) is 5.75 Å². The van der Waals surface area contributed by atoms with Gasteiger partial charge in [0.25, 0.3) is 5.56 Å². The quantitative estimate of drug-likeness (QED) is 0.424. The molecule has 0 bridgehead atoms. The van der Waals surface area contributed by atoms with Crippen LogP contribution in [0.1, 0.15) is 27.2 Å². The van der Waals surface area contributed by atoms with Crippen LogP contribution in [-0.4, -0.2) is 22.0 Å². The van der Waals surface area contributed by atoms with Gasteiger partial charge in [-0.15, -0.1) is 13.2 Å². The maximum atomic E-state index is 12.6. The van der Waals surface area contributed by atoms with Gasteiger partial charge in [-0.1, -0.05) is 53.5 Å². The topological polar surface area (TPSA) is 68.5 Å². The van der Waals surface area contributed by atoms with Crippen molar-refractivity contribution in [1.82, 2.24) is 4.57 Å². The maximum Gasteiger partial charge on any atom is 0.573 e. The summed E-state index contributed by atoms with van der Waals surface area (Å²) in [5.74, 6) is -1.43. The van der Waals surface area contributed by atoms with E-state index < -0.39 is 17.9 Å². The van der Waals surface area contributed by atoms with E-state index in [4.69, 9.17) is 28.3 Å². The van der Waals surface area contributed by atoms with Crippen LogP contribution in [0.2, 0.25) is 10.0 Å². The highest BCUT2D eigenvalue weighted by Gasteiger charge is 2.31. The Morgan fingerprint density at radius 3 is 2.36 bits per heavy atom. The Kier molecular flexibility index (Phi) is 7.50. The fourth-order valence-electron chi connectivity index (χ4n) is 3.05. The summed E-state index contributed by atoms with van der Waals surface area (Å²) in [5.41, 5.74) is 1.15. The summed E-state index contributed by atoms with van der Waals surface area (Å²) >= 11 is 12.3. The van der Waals surface area contributed by atoms with Crippen molar-refractivity contribution in [2.45, 2.75) is 19.3 Å². The first-order valence-electron chi connectivity index (χ1n) is 9.48. The number of carboxylic acids is 1. The van der Waals surface area contributed by atoms with E-state index in [9.17, 15) is 22.8 Å². The van der Waals surface area contributed by atoms with E-state index in [-0.39, 0.29) is 27.9 Å². The Bertz CT molecular complexity index is 1250. The summed E-state index contributed by atoms with van der Waals surface area (Å²) in [7, 11) is 0. The van der Waals surface area contributed by atoms with Gasteiger partial charge in [-0.05, 0) is 54.0 Å². The smallest absolute Gasteiger partial charge is 0.478 e. The third-order valence-electron chi connectivity index (χ3n) is 4.59. The molecule has 1 heterocycles. The number of alkyl halides is 3. The molecular formula is C23H16Cl2F3NO4. The summed E-state index contributed by atoms with van der Waals surface area (Å²) < 4.78 is 42.7. The number of hydrogen-bond acceptors (Lipinski definition) is 3. The number of carboxylic acid groups (broad SMARTS) is 1. The SMILES string of the molecule is O=C(O)c1ccc(CCn2c(C=Cc3cccc(OC(F)(F)F)c3)c(Cl)cc(Cl)c2=O)cc1. The average molecular weight is 498 g/mol. The molecule has 3 aromatic rings. The molecule has 0 amide bonds. The van der Waals surface area contributed by atoms with Crippen molar-refractivity contribution in [3.8, 4) is 5.75 Å². The van der Waals surface area contributed by atoms with Crippen molar-refractivity contribution in [2.75, 3.05) is 0 Å². The Balaban J connectivity index is 1.88. The van der Waals surface area contributed by atoms with Crippen molar-refractivity contribution in [1.29, 1.82) is 0 Å². The molecule has 33 heavy (non-hydrogen) atoms. The third-order valence-corrected chi connectivity index (χ3v) is 5.16. The molecule has 0 unspecified atom stereocenters. The molecule has 0 saturated carbocycles. The molecule has 0 aliphatic heterocycles. The van der Waals surface area contributed by atoms with Gasteiger partial charge in [0.1, 0.15) is 10.8 Å². The van der Waals surface area contributed by atoms with Gasteiger partial charge in [-0.25, -0.2) is 4.79 Å². The molecule has 0 fully saturated rings. The van der Waals surface area contributed by atoms with Crippen LogP contribution in [0.15, 0.2) is 59.4 Å². The lowest BCUT2D eigenvalue weighted by Gasteiger charge is -2.13. The lowest BCUT2D eigenvalue weighted by Crippen LogP contribution is -2.24. The van der Waals surface area contributed by atoms with Gasteiger partial charge < -0.3 is 14.4 Å². The first-order chi connectivity index (χ1) is 15.5. The van der Waals surface area contributed by atoms with Gasteiger partial charge in [0.15, 0.2) is 0 Å². The number of rotatable bonds is 7. The summed E-state index contributed by atoms with van der Waals surface area (Å²) in [4.78, 5) is 23.6. The number of carbonyl (C=O) groups is 1. The van der Waals surface area contributed by atoms with Crippen molar-refractivity contribution in [3.63, 3.8) is 0 Å². The largest absolute Gasteiger partial charge is 0.573 e. The van der Waals surface area contributed by atoms with Crippen LogP contribution in [0.25, 0.3) is 12.2 Å². The summed E-state index contributed by atoms with van der Waals surface area (Å²) in [6.45, 7) is 0.183. The van der Waals surface area contributed by atoms with Gasteiger partial charge in [-0.2, -0.15) is 0 Å². The number of ether oxygens (including phenoxy) is 1. The van der Waals surface area contributed by atoms with Gasteiger partial charge in [0.05, 0.1) is 16.3 Å². The predicted octanol–water partition coefficient (Wildman–Crippen LogP) is 6.17. The highest BCUT2D eigenvalue weighted by molar-refractivity contribution is 6.35. The fourth-order valence-corrected chi connectivity index (χ4v) is 3.59. The minimum atomic E-state index is -4.81. The summed E-state index contributed by atoms with van der Waals surface area (Å²) in [6.07, 6.45) is -1.44. The normalized spacial score (nSPS) is 11.7. The molecule has 2 aromatic carbocycles. The van der Waals surface area contributed by atoms with E-state index in [0.29, 0.717) is 17.7 Å². The van der Waals surface area contributed by atoms with Gasteiger partial charge >= 0.3 is 12.3 Å². The van der Waals surface area contributed by atoms with E-state index in [1.807, 2.05) is 0 Å². The molecule has 1 N–H and O–H groups in total. The van der Waals surface area contributed by atoms with Crippen LogP contribution in [-0.2, 0) is 13.0 Å². The van der Waals surface area contributed by atoms with E-state index >= 15 is 0 Å². The van der Waals surface area contributed by atoms with Crippen molar-refractivity contribution < 1.29 is 27.8 Å². The molecule has 0 aliphatic rings. The van der Waals surface area contributed by atoms with Gasteiger partial charge in [-0.3, -0.25) is 4.79 Å².